The first kappa shape index (κ1) is 23.8. The lowest BCUT2D eigenvalue weighted by atomic mass is 10.2. The van der Waals surface area contributed by atoms with Crippen LogP contribution in [0.1, 0.15) is 18.2 Å². The number of sulfonamides is 1. The smallest absolute Gasteiger partial charge is 0.325 e. The number of carbonyl (C=O) groups is 2. The van der Waals surface area contributed by atoms with Gasteiger partial charge in [-0.2, -0.15) is 4.31 Å². The van der Waals surface area contributed by atoms with Gasteiger partial charge in [0.15, 0.2) is 0 Å². The second-order valence-corrected chi connectivity index (χ2v) is 9.47. The van der Waals surface area contributed by atoms with Crippen LogP contribution in [0.4, 0.5) is 0 Å². The third-order valence-corrected chi connectivity index (χ3v) is 6.85. The predicted molar refractivity (Wildman–Crippen MR) is 114 cm³/mol. The van der Waals surface area contributed by atoms with Crippen LogP contribution in [0.25, 0.3) is 0 Å². The van der Waals surface area contributed by atoms with Gasteiger partial charge in [0.05, 0.1) is 25.1 Å². The first-order valence-corrected chi connectivity index (χ1v) is 11.8. The summed E-state index contributed by atoms with van der Waals surface area (Å²) in [5.74, 6) is -1.11. The lowest BCUT2D eigenvalue weighted by molar-refractivity contribution is -0.146. The van der Waals surface area contributed by atoms with E-state index in [2.05, 4.69) is 10.3 Å². The molecular weight excluding hydrogens is 438 g/mol. The van der Waals surface area contributed by atoms with Crippen molar-refractivity contribution in [3.8, 4) is 0 Å². The number of hydrogen-bond acceptors (Lipinski definition) is 9. The fourth-order valence-electron chi connectivity index (χ4n) is 3.46. The van der Waals surface area contributed by atoms with Gasteiger partial charge in [-0.1, -0.05) is 35.5 Å². The van der Waals surface area contributed by atoms with Crippen molar-refractivity contribution in [2.75, 3.05) is 32.6 Å². The summed E-state index contributed by atoms with van der Waals surface area (Å²) in [7, 11) is -2.45. The number of methoxy groups -OCH3 is 1. The third kappa shape index (κ3) is 6.34. The van der Waals surface area contributed by atoms with E-state index < -0.39 is 22.0 Å². The Bertz CT molecular complexity index is 1030. The van der Waals surface area contributed by atoms with Crippen molar-refractivity contribution < 1.29 is 27.5 Å². The van der Waals surface area contributed by atoms with Crippen LogP contribution in [0.15, 0.2) is 36.5 Å². The highest BCUT2D eigenvalue weighted by molar-refractivity contribution is 7.89. The summed E-state index contributed by atoms with van der Waals surface area (Å²) < 4.78 is 38.7. The molecular formula is C20H27N5O6S. The molecule has 0 aliphatic carbocycles. The van der Waals surface area contributed by atoms with Gasteiger partial charge in [0.1, 0.15) is 12.6 Å². The molecule has 1 aromatic carbocycles. The van der Waals surface area contributed by atoms with E-state index in [-0.39, 0.29) is 38.0 Å². The second-order valence-electron chi connectivity index (χ2n) is 7.43. The third-order valence-electron chi connectivity index (χ3n) is 5.05. The molecule has 0 saturated carbocycles. The number of rotatable bonds is 8. The van der Waals surface area contributed by atoms with Gasteiger partial charge < -0.3 is 9.47 Å². The minimum absolute atomic E-state index is 0.0864. The summed E-state index contributed by atoms with van der Waals surface area (Å²) in [6.45, 7) is 2.67. The highest BCUT2D eigenvalue weighted by atomic mass is 32.2. The van der Waals surface area contributed by atoms with Crippen LogP contribution in [-0.4, -0.2) is 83.2 Å². The van der Waals surface area contributed by atoms with Gasteiger partial charge in [0, 0.05) is 39.3 Å². The van der Waals surface area contributed by atoms with E-state index in [4.69, 9.17) is 9.47 Å². The summed E-state index contributed by atoms with van der Waals surface area (Å²) >= 11 is 0. The SMILES string of the molecule is COC(=O)C1CN(Cc2cn(CCOC(C)=O)nn2)CCS(=O)(=O)N1Cc1ccccc1. The largest absolute Gasteiger partial charge is 0.468 e. The van der Waals surface area contributed by atoms with Crippen molar-refractivity contribution in [1.82, 2.24) is 24.2 Å². The number of carbonyl (C=O) groups excluding carboxylic acids is 2. The quantitative estimate of drug-likeness (QED) is 0.497. The van der Waals surface area contributed by atoms with Crippen molar-refractivity contribution >= 4 is 22.0 Å². The molecule has 1 aromatic heterocycles. The number of aromatic nitrogens is 3. The Hall–Kier alpha value is -2.83. The summed E-state index contributed by atoms with van der Waals surface area (Å²) in [5, 5.41) is 8.10. The van der Waals surface area contributed by atoms with E-state index in [1.165, 1.54) is 18.3 Å². The maximum atomic E-state index is 13.0. The molecule has 2 heterocycles. The van der Waals surface area contributed by atoms with Gasteiger partial charge in [-0.05, 0) is 5.56 Å². The Kier molecular flexibility index (Phi) is 7.94. The molecule has 174 valence electrons. The van der Waals surface area contributed by atoms with Crippen LogP contribution < -0.4 is 0 Å². The lowest BCUT2D eigenvalue weighted by Crippen LogP contribution is -2.48. The molecule has 0 N–H and O–H groups in total. The van der Waals surface area contributed by atoms with E-state index in [0.29, 0.717) is 18.8 Å². The average molecular weight is 466 g/mol. The minimum atomic E-state index is -3.70. The van der Waals surface area contributed by atoms with E-state index in [9.17, 15) is 18.0 Å². The summed E-state index contributed by atoms with van der Waals surface area (Å²) in [6, 6.07) is 8.15. The number of esters is 2. The van der Waals surface area contributed by atoms with Crippen molar-refractivity contribution in [3.05, 3.63) is 47.8 Å². The zero-order chi connectivity index (χ0) is 23.1. The number of benzene rings is 1. The van der Waals surface area contributed by atoms with Crippen LogP contribution in [-0.2, 0) is 48.7 Å². The van der Waals surface area contributed by atoms with Gasteiger partial charge >= 0.3 is 11.9 Å². The molecule has 0 radical (unpaired) electrons. The predicted octanol–water partition coefficient (Wildman–Crippen LogP) is 0.0304. The molecule has 1 fully saturated rings. The van der Waals surface area contributed by atoms with E-state index in [0.717, 1.165) is 5.56 Å². The lowest BCUT2D eigenvalue weighted by Gasteiger charge is -2.28. The molecule has 1 unspecified atom stereocenters. The monoisotopic (exact) mass is 465 g/mol. The number of ether oxygens (including phenoxy) is 2. The normalized spacial score (nSPS) is 19.2. The zero-order valence-electron chi connectivity index (χ0n) is 18.1. The molecule has 12 heteroatoms. The average Bonchev–Trinajstić information content (AvgIpc) is 3.16. The maximum Gasteiger partial charge on any atom is 0.325 e. The highest BCUT2D eigenvalue weighted by Gasteiger charge is 2.39. The van der Waals surface area contributed by atoms with Crippen LogP contribution in [0, 0.1) is 0 Å². The van der Waals surface area contributed by atoms with Crippen molar-refractivity contribution in [2.24, 2.45) is 0 Å². The molecule has 3 rings (SSSR count). The van der Waals surface area contributed by atoms with Crippen LogP contribution in [0.3, 0.4) is 0 Å². The van der Waals surface area contributed by atoms with Crippen LogP contribution >= 0.6 is 0 Å². The van der Waals surface area contributed by atoms with Crippen molar-refractivity contribution in [2.45, 2.75) is 32.6 Å². The van der Waals surface area contributed by atoms with E-state index in [1.807, 2.05) is 35.2 Å². The summed E-state index contributed by atoms with van der Waals surface area (Å²) in [5.41, 5.74) is 1.40. The highest BCUT2D eigenvalue weighted by Crippen LogP contribution is 2.20. The Balaban J connectivity index is 1.74. The molecule has 1 aliphatic heterocycles. The molecule has 1 saturated heterocycles. The molecule has 0 spiro atoms. The number of nitrogens with zero attached hydrogens (tertiary/aromatic N) is 5. The number of hydrogen-bond donors (Lipinski definition) is 0. The maximum absolute atomic E-state index is 13.0. The van der Waals surface area contributed by atoms with E-state index in [1.54, 1.807) is 10.9 Å². The fourth-order valence-corrected chi connectivity index (χ4v) is 5.07. The molecule has 1 atom stereocenters. The Morgan fingerprint density at radius 2 is 1.94 bits per heavy atom. The second kappa shape index (κ2) is 10.7. The molecule has 11 nitrogen and oxygen atoms in total. The summed E-state index contributed by atoms with van der Waals surface area (Å²) in [4.78, 5) is 25.3. The fraction of sp³-hybridized carbons (Fsp3) is 0.500. The van der Waals surface area contributed by atoms with Gasteiger partial charge in [-0.25, -0.2) is 13.1 Å². The van der Waals surface area contributed by atoms with Crippen LogP contribution in [0.2, 0.25) is 0 Å². The Morgan fingerprint density at radius 1 is 1.19 bits per heavy atom. The Labute approximate surface area is 186 Å². The first-order chi connectivity index (χ1) is 15.3. The molecule has 0 bridgehead atoms. The van der Waals surface area contributed by atoms with Gasteiger partial charge in [0.2, 0.25) is 10.0 Å². The molecule has 0 amide bonds. The van der Waals surface area contributed by atoms with Gasteiger partial charge in [0.25, 0.3) is 0 Å². The van der Waals surface area contributed by atoms with Crippen molar-refractivity contribution in [1.29, 1.82) is 0 Å². The van der Waals surface area contributed by atoms with Crippen molar-refractivity contribution in [3.63, 3.8) is 0 Å². The topological polar surface area (TPSA) is 124 Å². The van der Waals surface area contributed by atoms with Crippen LogP contribution in [0.5, 0.6) is 0 Å². The van der Waals surface area contributed by atoms with Gasteiger partial charge in [-0.3, -0.25) is 14.5 Å². The van der Waals surface area contributed by atoms with E-state index >= 15 is 0 Å². The standard InChI is InChI=1S/C20H27N5O6S/c1-16(26)31-10-8-24-14-18(21-22-24)13-23-9-11-32(28,29)25(19(15-23)20(27)30-2)12-17-6-4-3-5-7-17/h3-7,14,19H,8-13,15H2,1-2H3. The molecule has 32 heavy (non-hydrogen) atoms. The molecule has 2 aromatic rings. The first-order valence-electron chi connectivity index (χ1n) is 10.1. The minimum Gasteiger partial charge on any atom is -0.468 e. The molecule has 1 aliphatic rings. The summed E-state index contributed by atoms with van der Waals surface area (Å²) in [6.07, 6.45) is 1.71. The zero-order valence-corrected chi connectivity index (χ0v) is 18.9. The Morgan fingerprint density at radius 3 is 2.62 bits per heavy atom. The van der Waals surface area contributed by atoms with Gasteiger partial charge in [-0.15, -0.1) is 5.10 Å².